The number of hydrogen-bond acceptors (Lipinski definition) is 12. The van der Waals surface area contributed by atoms with Crippen LogP contribution in [0.5, 0.6) is 11.5 Å². The van der Waals surface area contributed by atoms with E-state index in [1.165, 1.54) is 14.2 Å². The molecule has 0 unspecified atom stereocenters. The molecule has 71 heavy (non-hydrogen) atoms. The van der Waals surface area contributed by atoms with Gasteiger partial charge in [0.2, 0.25) is 0 Å². The maximum Gasteiger partial charge on any atom is 0.306 e. The summed E-state index contributed by atoms with van der Waals surface area (Å²) in [6, 6.07) is 35.3. The molecular formula is C56H69BrN4O10. The first kappa shape index (κ1) is 56.8. The zero-order chi connectivity index (χ0) is 52.3. The van der Waals surface area contributed by atoms with Crippen molar-refractivity contribution in [1.82, 2.24) is 20.0 Å². The fourth-order valence-electron chi connectivity index (χ4n) is 7.33. The summed E-state index contributed by atoms with van der Waals surface area (Å²) in [6.45, 7) is 19.7. The summed E-state index contributed by atoms with van der Waals surface area (Å²) in [7, 11) is 2.68. The Bertz CT molecular complexity index is 2630. The van der Waals surface area contributed by atoms with Crippen LogP contribution in [0.15, 0.2) is 114 Å². The second kappa shape index (κ2) is 27.0. The smallest absolute Gasteiger partial charge is 0.306 e. The summed E-state index contributed by atoms with van der Waals surface area (Å²) in [5, 5.41) is 11.7. The van der Waals surface area contributed by atoms with E-state index in [4.69, 9.17) is 28.4 Å². The average Bonchev–Trinajstić information content (AvgIpc) is 3.80. The van der Waals surface area contributed by atoms with Crippen molar-refractivity contribution in [3.63, 3.8) is 0 Å². The van der Waals surface area contributed by atoms with E-state index in [1.54, 1.807) is 0 Å². The van der Waals surface area contributed by atoms with Crippen LogP contribution in [-0.4, -0.2) is 69.3 Å². The lowest BCUT2D eigenvalue weighted by atomic mass is 9.92. The first-order valence-electron chi connectivity index (χ1n) is 23.4. The number of nitrogens with one attached hydrogen (secondary N) is 1. The Labute approximate surface area is 426 Å². The van der Waals surface area contributed by atoms with Crippen LogP contribution in [0.3, 0.4) is 0 Å². The van der Waals surface area contributed by atoms with E-state index in [1.807, 2.05) is 183 Å². The maximum atomic E-state index is 12.5. The molecule has 0 aliphatic heterocycles. The van der Waals surface area contributed by atoms with Crippen LogP contribution in [0.4, 0.5) is 0 Å². The molecule has 2 atom stereocenters. The van der Waals surface area contributed by atoms with E-state index in [2.05, 4.69) is 31.2 Å². The van der Waals surface area contributed by atoms with Gasteiger partial charge in [-0.15, -0.1) is 0 Å². The number of carbonyl (C=O) groups excluding carboxylic acids is 4. The largest absolute Gasteiger partial charge is 0.485 e. The van der Waals surface area contributed by atoms with Gasteiger partial charge in [0.15, 0.2) is 11.5 Å². The molecule has 0 aliphatic carbocycles. The first-order chi connectivity index (χ1) is 33.5. The second-order valence-electron chi connectivity index (χ2n) is 18.9. The maximum absolute atomic E-state index is 12.5. The molecule has 0 amide bonds. The van der Waals surface area contributed by atoms with Crippen LogP contribution in [-0.2, 0) is 51.3 Å². The van der Waals surface area contributed by atoms with Gasteiger partial charge >= 0.3 is 23.9 Å². The molecule has 15 heteroatoms. The van der Waals surface area contributed by atoms with E-state index in [-0.39, 0.29) is 61.4 Å². The zero-order valence-electron chi connectivity index (χ0n) is 43.1. The van der Waals surface area contributed by atoms with E-state index in [9.17, 15) is 19.2 Å². The average molecular weight is 1040 g/mol. The SMILES string of the molecule is COC(=O)C[C@H](CC(=O)OC(C)(C)C)c1cccc(-n2nc(C)c(OCc3ccccc3)c2C)c1.COC(=O)C[C@H](CC(=O)OC(C)(C)C)c1cccc(Br)c1.Cc1n[nH]c(C)c1OCc1ccccc1. The molecule has 0 radical (unpaired) electrons. The van der Waals surface area contributed by atoms with Crippen LogP contribution >= 0.6 is 15.9 Å². The summed E-state index contributed by atoms with van der Waals surface area (Å²) in [5.41, 5.74) is 7.18. The van der Waals surface area contributed by atoms with Gasteiger partial charge in [-0.25, -0.2) is 4.68 Å². The molecule has 6 rings (SSSR count). The molecule has 2 heterocycles. The van der Waals surface area contributed by atoms with Crippen LogP contribution in [0.2, 0.25) is 0 Å². The van der Waals surface area contributed by atoms with E-state index >= 15 is 0 Å². The molecule has 14 nitrogen and oxygen atoms in total. The third-order valence-electron chi connectivity index (χ3n) is 10.6. The molecule has 0 saturated carbocycles. The summed E-state index contributed by atoms with van der Waals surface area (Å²) < 4.78 is 34.9. The Balaban J connectivity index is 0.000000257. The molecular weight excluding hydrogens is 969 g/mol. The number of nitrogens with zero attached hydrogens (tertiary/aromatic N) is 3. The number of methoxy groups -OCH3 is 2. The highest BCUT2D eigenvalue weighted by molar-refractivity contribution is 9.10. The Morgan fingerprint density at radius 1 is 0.577 bits per heavy atom. The lowest BCUT2D eigenvalue weighted by Crippen LogP contribution is -2.25. The van der Waals surface area contributed by atoms with Gasteiger partial charge in [0.05, 0.1) is 57.0 Å². The van der Waals surface area contributed by atoms with E-state index in [0.717, 1.165) is 66.7 Å². The Kier molecular flexibility index (Phi) is 21.6. The number of aromatic nitrogens is 4. The van der Waals surface area contributed by atoms with Gasteiger partial charge in [-0.3, -0.25) is 24.3 Å². The van der Waals surface area contributed by atoms with Crippen LogP contribution in [0, 0.1) is 27.7 Å². The minimum atomic E-state index is -0.603. The predicted octanol–water partition coefficient (Wildman–Crippen LogP) is 11.9. The van der Waals surface area contributed by atoms with Gasteiger partial charge in [0.1, 0.15) is 35.8 Å². The van der Waals surface area contributed by atoms with Crippen LogP contribution < -0.4 is 9.47 Å². The van der Waals surface area contributed by atoms with Crippen molar-refractivity contribution in [2.24, 2.45) is 0 Å². The summed E-state index contributed by atoms with van der Waals surface area (Å²) >= 11 is 3.40. The minimum Gasteiger partial charge on any atom is -0.485 e. The van der Waals surface area contributed by atoms with Gasteiger partial charge in [0.25, 0.3) is 0 Å². The summed E-state index contributed by atoms with van der Waals surface area (Å²) in [4.78, 5) is 48.2. The number of esters is 4. The van der Waals surface area contributed by atoms with Crippen molar-refractivity contribution in [3.05, 3.63) is 159 Å². The van der Waals surface area contributed by atoms with Crippen molar-refractivity contribution in [1.29, 1.82) is 0 Å². The normalized spacial score (nSPS) is 11.9. The van der Waals surface area contributed by atoms with Gasteiger partial charge in [-0.1, -0.05) is 101 Å². The van der Waals surface area contributed by atoms with Crippen molar-refractivity contribution >= 4 is 39.8 Å². The molecule has 0 fully saturated rings. The first-order valence-corrected chi connectivity index (χ1v) is 24.2. The quantitative estimate of drug-likeness (QED) is 0.0678. The summed E-state index contributed by atoms with van der Waals surface area (Å²) in [6.07, 6.45) is 0.426. The van der Waals surface area contributed by atoms with Crippen molar-refractivity contribution in [2.75, 3.05) is 14.2 Å². The molecule has 0 bridgehead atoms. The Hall–Kier alpha value is -6.74. The molecule has 2 aromatic heterocycles. The molecule has 6 aromatic rings. The molecule has 1 N–H and O–H groups in total. The lowest BCUT2D eigenvalue weighted by molar-refractivity contribution is -0.157. The predicted molar refractivity (Wildman–Crippen MR) is 276 cm³/mol. The number of halogens is 1. The topological polar surface area (TPSA) is 170 Å². The Morgan fingerprint density at radius 2 is 1.03 bits per heavy atom. The third kappa shape index (κ3) is 19.5. The molecule has 4 aromatic carbocycles. The van der Waals surface area contributed by atoms with Crippen molar-refractivity contribution in [3.8, 4) is 17.2 Å². The number of carbonyl (C=O) groups is 4. The summed E-state index contributed by atoms with van der Waals surface area (Å²) in [5.74, 6) is -0.461. The highest BCUT2D eigenvalue weighted by Gasteiger charge is 2.26. The van der Waals surface area contributed by atoms with Crippen LogP contribution in [0.1, 0.15) is 124 Å². The molecule has 0 spiro atoms. The van der Waals surface area contributed by atoms with Crippen molar-refractivity contribution < 1.29 is 47.6 Å². The number of aromatic amines is 1. The number of ether oxygens (including phenoxy) is 6. The van der Waals surface area contributed by atoms with Gasteiger partial charge in [-0.05, 0) is 116 Å². The molecule has 0 aliphatic rings. The molecule has 0 saturated heterocycles. The highest BCUT2D eigenvalue weighted by Crippen LogP contribution is 2.31. The number of hydrogen-bond donors (Lipinski definition) is 1. The Morgan fingerprint density at radius 3 is 1.46 bits per heavy atom. The zero-order valence-corrected chi connectivity index (χ0v) is 44.7. The molecule has 380 valence electrons. The number of benzene rings is 4. The van der Waals surface area contributed by atoms with Gasteiger partial charge in [0, 0.05) is 16.3 Å². The third-order valence-corrected chi connectivity index (χ3v) is 11.1. The minimum absolute atomic E-state index is 0.0678. The van der Waals surface area contributed by atoms with Gasteiger partial charge < -0.3 is 28.4 Å². The fraction of sp³-hybridized carbons (Fsp3) is 0.393. The standard InChI is InChI=1S/C28H34N2O5.C16H21BrO4.C12H14N2O/c1-19-27(34-18-21-11-8-7-9-12-21)20(2)30(29-19)24-14-10-13-22(15-24)23(16-25(31)33-6)17-26(32)35-28(3,4)5;1-16(2,3)21-15(19)10-12(9-14(18)20-4)11-6-5-7-13(17)8-11;1-9-12(10(2)14-13-9)15-8-11-6-4-3-5-7-11/h7-15,23H,16-18H2,1-6H3;5-8,12H,9-10H2,1-4H3;3-7H,8H2,1-2H3,(H,13,14)/t23-;12-;/m11./s1. The van der Waals surface area contributed by atoms with E-state index < -0.39 is 11.2 Å². The number of rotatable bonds is 17. The number of aryl methyl sites for hydroxylation is 3. The number of H-pyrrole nitrogens is 1. The van der Waals surface area contributed by atoms with Crippen molar-refractivity contribution in [2.45, 2.75) is 131 Å². The van der Waals surface area contributed by atoms with Gasteiger partial charge in [-0.2, -0.15) is 10.2 Å². The lowest BCUT2D eigenvalue weighted by Gasteiger charge is -2.22. The van der Waals surface area contributed by atoms with E-state index in [0.29, 0.717) is 13.2 Å². The monoisotopic (exact) mass is 1040 g/mol. The fourth-order valence-corrected chi connectivity index (χ4v) is 7.74. The van der Waals surface area contributed by atoms with Crippen LogP contribution in [0.25, 0.3) is 5.69 Å². The highest BCUT2D eigenvalue weighted by atomic mass is 79.9. The second-order valence-corrected chi connectivity index (χ2v) is 19.8.